The van der Waals surface area contributed by atoms with Crippen molar-refractivity contribution < 1.29 is 23.5 Å². The molecule has 0 heterocycles. The molecule has 33 heavy (non-hydrogen) atoms. The van der Waals surface area contributed by atoms with Crippen LogP contribution in [-0.2, 0) is 19.1 Å². The Balaban J connectivity index is 1.45. The summed E-state index contributed by atoms with van der Waals surface area (Å²) in [5.74, 6) is 0.821. The molecule has 5 rings (SSSR count). The van der Waals surface area contributed by atoms with Gasteiger partial charge in [-0.05, 0) is 92.6 Å². The first kappa shape index (κ1) is 23.2. The molecule has 0 radical (unpaired) electrons. The highest BCUT2D eigenvalue weighted by molar-refractivity contribution is 5.96. The number of hydrogen-bond donors (Lipinski definition) is 0. The second-order valence-electron chi connectivity index (χ2n) is 12.1. The number of carbonyl (C=O) groups excluding carboxylic acids is 3. The molecule has 0 amide bonds. The number of ether oxygens (including phenoxy) is 1. The smallest absolute Gasteiger partial charge is 0.306 e. The number of carbonyl (C=O) groups is 3. The molecule has 4 nitrogen and oxygen atoms in total. The molecular formula is C28H39FO4. The van der Waals surface area contributed by atoms with Crippen LogP contribution in [0.5, 0.6) is 0 Å². The highest BCUT2D eigenvalue weighted by Gasteiger charge is 2.71. The van der Waals surface area contributed by atoms with Crippen LogP contribution in [0.15, 0.2) is 11.6 Å². The first-order valence-corrected chi connectivity index (χ1v) is 13.2. The van der Waals surface area contributed by atoms with Crippen molar-refractivity contribution in [3.63, 3.8) is 0 Å². The van der Waals surface area contributed by atoms with Crippen LogP contribution < -0.4 is 0 Å². The maximum Gasteiger partial charge on any atom is 0.306 e. The number of hydrogen-bond acceptors (Lipinski definition) is 4. The number of halogens is 1. The van der Waals surface area contributed by atoms with Gasteiger partial charge in [0, 0.05) is 17.8 Å². The lowest BCUT2D eigenvalue weighted by Crippen LogP contribution is -2.60. The summed E-state index contributed by atoms with van der Waals surface area (Å²) in [6.45, 7) is 8.01. The van der Waals surface area contributed by atoms with Gasteiger partial charge in [-0.1, -0.05) is 33.6 Å². The van der Waals surface area contributed by atoms with Crippen LogP contribution in [0, 0.1) is 40.4 Å². The fourth-order valence-electron chi connectivity index (χ4n) is 9.03. The van der Waals surface area contributed by atoms with E-state index in [9.17, 15) is 14.4 Å². The maximum atomic E-state index is 15.6. The highest BCUT2D eigenvalue weighted by atomic mass is 19.1. The highest BCUT2D eigenvalue weighted by Crippen LogP contribution is 2.72. The number of fused-ring (bicyclic) bond motifs is 7. The summed E-state index contributed by atoms with van der Waals surface area (Å²) in [5.41, 5.74) is -1.04. The van der Waals surface area contributed by atoms with E-state index in [4.69, 9.17) is 4.74 Å². The summed E-state index contributed by atoms with van der Waals surface area (Å²) in [7, 11) is 0. The predicted molar refractivity (Wildman–Crippen MR) is 123 cm³/mol. The molecule has 182 valence electrons. The first-order valence-electron chi connectivity index (χ1n) is 13.2. The average Bonchev–Trinajstić information content (AvgIpc) is 3.51. The van der Waals surface area contributed by atoms with Crippen molar-refractivity contribution >= 4 is 17.5 Å². The minimum Gasteiger partial charge on any atom is -0.450 e. The molecule has 5 aliphatic carbocycles. The van der Waals surface area contributed by atoms with Gasteiger partial charge in [0.1, 0.15) is 6.17 Å². The Bertz CT molecular complexity index is 910. The van der Waals surface area contributed by atoms with E-state index in [2.05, 4.69) is 20.8 Å². The molecule has 0 spiro atoms. The lowest BCUT2D eigenvalue weighted by atomic mass is 9.45. The summed E-state index contributed by atoms with van der Waals surface area (Å²) in [4.78, 5) is 38.3. The Labute approximate surface area is 197 Å². The molecule has 4 saturated carbocycles. The third kappa shape index (κ3) is 3.09. The number of ketones is 2. The number of esters is 1. The van der Waals surface area contributed by atoms with E-state index in [1.165, 1.54) is 0 Å². The Hall–Kier alpha value is -1.52. The Kier molecular flexibility index (Phi) is 5.45. The SMILES string of the molecule is CCCCCC(=O)O[C@]1(C(C)=O)CC[C@H]2[C@@H]3C[C@@H](F)C4=CC(=O)C5CC5[C@@]4(C)[C@@H]3CC[C@@]21C. The molecule has 0 bridgehead atoms. The minimum absolute atomic E-state index is 0.0558. The normalized spacial score (nSPS) is 47.5. The number of Topliss-reactive ketones (excluding diaryl/α,β-unsaturated/α-hetero) is 1. The Morgan fingerprint density at radius 3 is 2.52 bits per heavy atom. The van der Waals surface area contributed by atoms with Crippen molar-refractivity contribution in [3.8, 4) is 0 Å². The fourth-order valence-corrected chi connectivity index (χ4v) is 9.03. The van der Waals surface area contributed by atoms with E-state index in [1.807, 2.05) is 0 Å². The van der Waals surface area contributed by atoms with E-state index in [1.54, 1.807) is 13.0 Å². The molecule has 2 unspecified atom stereocenters. The zero-order valence-corrected chi connectivity index (χ0v) is 20.6. The Morgan fingerprint density at radius 1 is 1.09 bits per heavy atom. The minimum atomic E-state index is -1.09. The third-order valence-electron chi connectivity index (χ3n) is 10.8. The maximum absolute atomic E-state index is 15.6. The van der Waals surface area contributed by atoms with Gasteiger partial charge in [0.25, 0.3) is 0 Å². The van der Waals surface area contributed by atoms with Gasteiger partial charge < -0.3 is 4.74 Å². The van der Waals surface area contributed by atoms with Gasteiger partial charge >= 0.3 is 5.97 Å². The van der Waals surface area contributed by atoms with Gasteiger partial charge in [-0.2, -0.15) is 0 Å². The van der Waals surface area contributed by atoms with Crippen LogP contribution in [0.25, 0.3) is 0 Å². The summed E-state index contributed by atoms with van der Waals surface area (Å²) >= 11 is 0. The van der Waals surface area contributed by atoms with E-state index in [-0.39, 0.29) is 46.6 Å². The summed E-state index contributed by atoms with van der Waals surface area (Å²) in [6.07, 6.45) is 8.07. The summed E-state index contributed by atoms with van der Waals surface area (Å²) < 4.78 is 21.8. The molecule has 0 aromatic rings. The van der Waals surface area contributed by atoms with Crippen molar-refractivity contribution in [2.75, 3.05) is 0 Å². The number of allylic oxidation sites excluding steroid dienone is 1. The van der Waals surface area contributed by atoms with E-state index < -0.39 is 17.2 Å². The van der Waals surface area contributed by atoms with Crippen LogP contribution in [0.4, 0.5) is 4.39 Å². The second kappa shape index (κ2) is 7.75. The molecule has 0 aliphatic heterocycles. The van der Waals surface area contributed by atoms with Crippen molar-refractivity contribution in [1.82, 2.24) is 0 Å². The molecule has 0 aromatic heterocycles. The van der Waals surface area contributed by atoms with Crippen LogP contribution >= 0.6 is 0 Å². The average molecular weight is 459 g/mol. The van der Waals surface area contributed by atoms with Crippen LogP contribution in [-0.4, -0.2) is 29.3 Å². The quantitative estimate of drug-likeness (QED) is 0.374. The van der Waals surface area contributed by atoms with Gasteiger partial charge in [0.2, 0.25) is 0 Å². The number of unbranched alkanes of at least 4 members (excludes halogenated alkanes) is 2. The van der Waals surface area contributed by atoms with Crippen LogP contribution in [0.3, 0.4) is 0 Å². The monoisotopic (exact) mass is 458 g/mol. The lowest BCUT2D eigenvalue weighted by molar-refractivity contribution is -0.190. The van der Waals surface area contributed by atoms with Crippen LogP contribution in [0.1, 0.15) is 91.9 Å². The molecule has 0 aromatic carbocycles. The Morgan fingerprint density at radius 2 is 1.82 bits per heavy atom. The van der Waals surface area contributed by atoms with Gasteiger partial charge in [-0.3, -0.25) is 14.4 Å². The molecular weight excluding hydrogens is 419 g/mol. The third-order valence-corrected chi connectivity index (χ3v) is 10.8. The molecule has 5 aliphatic rings. The number of alkyl halides is 1. The number of rotatable bonds is 6. The van der Waals surface area contributed by atoms with Gasteiger partial charge in [0.05, 0.1) is 0 Å². The van der Waals surface area contributed by atoms with E-state index >= 15 is 4.39 Å². The second-order valence-corrected chi connectivity index (χ2v) is 12.1. The van der Waals surface area contributed by atoms with Crippen molar-refractivity contribution in [2.45, 2.75) is 104 Å². The van der Waals surface area contributed by atoms with Crippen molar-refractivity contribution in [2.24, 2.45) is 40.4 Å². The van der Waals surface area contributed by atoms with Gasteiger partial charge in [-0.25, -0.2) is 4.39 Å². The molecule has 5 heteroatoms. The predicted octanol–water partition coefficient (Wildman–Crippen LogP) is 5.77. The van der Waals surface area contributed by atoms with Crippen molar-refractivity contribution in [3.05, 3.63) is 11.6 Å². The fraction of sp³-hybridized carbons (Fsp3) is 0.821. The van der Waals surface area contributed by atoms with Gasteiger partial charge in [-0.15, -0.1) is 0 Å². The van der Waals surface area contributed by atoms with Gasteiger partial charge in [0.15, 0.2) is 17.2 Å². The largest absolute Gasteiger partial charge is 0.450 e. The molecule has 9 atom stereocenters. The summed E-state index contributed by atoms with van der Waals surface area (Å²) in [6, 6.07) is 0. The molecule has 0 N–H and O–H groups in total. The standard InChI is InChI=1S/C28H39FO4/c1-5-6-7-8-25(32)33-28(16(2)30)12-10-19-17-14-23(29)22-15-24(31)18-13-21(18)27(22,4)20(17)9-11-26(19,28)3/h15,17-21,23H,5-14H2,1-4H3/t17-,18?,19-,20+,21?,23+,26-,27+,28-/m0/s1. The summed E-state index contributed by atoms with van der Waals surface area (Å²) in [5, 5.41) is 0. The van der Waals surface area contributed by atoms with Crippen molar-refractivity contribution in [1.29, 1.82) is 0 Å². The molecule has 4 fully saturated rings. The first-order chi connectivity index (χ1) is 15.6. The van der Waals surface area contributed by atoms with E-state index in [0.717, 1.165) is 50.5 Å². The topological polar surface area (TPSA) is 60.4 Å². The van der Waals surface area contributed by atoms with E-state index in [0.29, 0.717) is 25.2 Å². The molecule has 0 saturated heterocycles. The van der Waals surface area contributed by atoms with Crippen LogP contribution in [0.2, 0.25) is 0 Å². The lowest BCUT2D eigenvalue weighted by Gasteiger charge is -2.59. The zero-order chi connectivity index (χ0) is 23.8. The zero-order valence-electron chi connectivity index (χ0n) is 20.6.